The summed E-state index contributed by atoms with van der Waals surface area (Å²) < 4.78 is 28.3. The van der Waals surface area contributed by atoms with E-state index in [0.29, 0.717) is 16.5 Å². The molecular formula is C20H15ClF2N4. The van der Waals surface area contributed by atoms with Gasteiger partial charge in [-0.2, -0.15) is 4.98 Å². The summed E-state index contributed by atoms with van der Waals surface area (Å²) in [6, 6.07) is 13.4. The molecule has 0 radical (unpaired) electrons. The first-order valence-electron chi connectivity index (χ1n) is 8.28. The zero-order chi connectivity index (χ0) is 19.0. The molecule has 0 saturated carbocycles. The Bertz CT molecular complexity index is 1140. The van der Waals surface area contributed by atoms with E-state index in [1.165, 1.54) is 6.07 Å². The average molecular weight is 385 g/mol. The van der Waals surface area contributed by atoms with Crippen molar-refractivity contribution in [1.82, 2.24) is 14.5 Å². The molecule has 0 amide bonds. The SMILES string of the molecule is Cn1c(-c2ccccc2Cl)cc2cnc(NCc3ccc(F)c(F)c3)nc21. The predicted molar refractivity (Wildman–Crippen MR) is 103 cm³/mol. The van der Waals surface area contributed by atoms with Gasteiger partial charge in [0.15, 0.2) is 11.6 Å². The highest BCUT2D eigenvalue weighted by molar-refractivity contribution is 6.33. The lowest BCUT2D eigenvalue weighted by atomic mass is 10.1. The summed E-state index contributed by atoms with van der Waals surface area (Å²) in [5.41, 5.74) is 3.19. The average Bonchev–Trinajstić information content (AvgIpc) is 2.99. The van der Waals surface area contributed by atoms with Crippen LogP contribution in [0.5, 0.6) is 0 Å². The number of fused-ring (bicyclic) bond motifs is 1. The second kappa shape index (κ2) is 6.96. The molecule has 0 spiro atoms. The van der Waals surface area contributed by atoms with E-state index < -0.39 is 11.6 Å². The smallest absolute Gasteiger partial charge is 0.224 e. The fourth-order valence-corrected chi connectivity index (χ4v) is 3.19. The lowest BCUT2D eigenvalue weighted by Gasteiger charge is -2.07. The molecule has 4 rings (SSSR count). The molecule has 27 heavy (non-hydrogen) atoms. The Labute approximate surface area is 159 Å². The highest BCUT2D eigenvalue weighted by atomic mass is 35.5. The molecule has 0 aliphatic rings. The molecule has 0 bridgehead atoms. The molecule has 1 N–H and O–H groups in total. The van der Waals surface area contributed by atoms with Gasteiger partial charge in [0, 0.05) is 35.8 Å². The molecule has 0 saturated heterocycles. The van der Waals surface area contributed by atoms with Crippen LogP contribution in [0.15, 0.2) is 54.7 Å². The molecule has 2 aromatic heterocycles. The zero-order valence-corrected chi connectivity index (χ0v) is 15.1. The largest absolute Gasteiger partial charge is 0.350 e. The molecule has 136 valence electrons. The van der Waals surface area contributed by atoms with Crippen molar-refractivity contribution in [3.63, 3.8) is 0 Å². The van der Waals surface area contributed by atoms with Crippen molar-refractivity contribution in [1.29, 1.82) is 0 Å². The van der Waals surface area contributed by atoms with E-state index in [1.807, 2.05) is 41.9 Å². The number of nitrogens with one attached hydrogen (secondary N) is 1. The molecule has 0 aliphatic heterocycles. The van der Waals surface area contributed by atoms with Crippen LogP contribution >= 0.6 is 11.6 Å². The third-order valence-electron chi connectivity index (χ3n) is 4.35. The highest BCUT2D eigenvalue weighted by Gasteiger charge is 2.12. The van der Waals surface area contributed by atoms with Gasteiger partial charge in [-0.05, 0) is 29.8 Å². The van der Waals surface area contributed by atoms with Crippen LogP contribution in [0.25, 0.3) is 22.3 Å². The van der Waals surface area contributed by atoms with Crippen molar-refractivity contribution < 1.29 is 8.78 Å². The van der Waals surface area contributed by atoms with Gasteiger partial charge in [-0.25, -0.2) is 13.8 Å². The van der Waals surface area contributed by atoms with Gasteiger partial charge < -0.3 is 9.88 Å². The van der Waals surface area contributed by atoms with Gasteiger partial charge in [-0.1, -0.05) is 35.9 Å². The van der Waals surface area contributed by atoms with Crippen LogP contribution in [0.4, 0.5) is 14.7 Å². The van der Waals surface area contributed by atoms with E-state index in [4.69, 9.17) is 11.6 Å². The molecule has 2 aromatic carbocycles. The Morgan fingerprint density at radius 3 is 2.67 bits per heavy atom. The number of halogens is 3. The highest BCUT2D eigenvalue weighted by Crippen LogP contribution is 2.31. The first-order valence-corrected chi connectivity index (χ1v) is 8.66. The number of benzene rings is 2. The van der Waals surface area contributed by atoms with Crippen molar-refractivity contribution in [2.75, 3.05) is 5.32 Å². The van der Waals surface area contributed by atoms with Crippen molar-refractivity contribution in [2.24, 2.45) is 7.05 Å². The van der Waals surface area contributed by atoms with Crippen molar-refractivity contribution in [2.45, 2.75) is 6.54 Å². The molecule has 0 fully saturated rings. The quantitative estimate of drug-likeness (QED) is 0.527. The maximum atomic E-state index is 13.3. The van der Waals surface area contributed by atoms with E-state index in [2.05, 4.69) is 15.3 Å². The summed E-state index contributed by atoms with van der Waals surface area (Å²) >= 11 is 6.31. The molecule has 2 heterocycles. The molecule has 4 nitrogen and oxygen atoms in total. The van der Waals surface area contributed by atoms with Gasteiger partial charge in [0.1, 0.15) is 5.65 Å². The summed E-state index contributed by atoms with van der Waals surface area (Å²) in [6.45, 7) is 0.282. The molecular weight excluding hydrogens is 370 g/mol. The molecule has 0 atom stereocenters. The predicted octanol–water partition coefficient (Wildman–Crippen LogP) is 5.18. The summed E-state index contributed by atoms with van der Waals surface area (Å²) in [6.07, 6.45) is 1.72. The van der Waals surface area contributed by atoms with Crippen molar-refractivity contribution in [3.8, 4) is 11.3 Å². The fraction of sp³-hybridized carbons (Fsp3) is 0.100. The van der Waals surface area contributed by atoms with Gasteiger partial charge >= 0.3 is 0 Å². The van der Waals surface area contributed by atoms with Gasteiger partial charge in [0.2, 0.25) is 5.95 Å². The third kappa shape index (κ3) is 3.36. The summed E-state index contributed by atoms with van der Waals surface area (Å²) in [5, 5.41) is 4.58. The van der Waals surface area contributed by atoms with E-state index in [-0.39, 0.29) is 6.54 Å². The van der Waals surface area contributed by atoms with Crippen LogP contribution in [0, 0.1) is 11.6 Å². The van der Waals surface area contributed by atoms with Crippen LogP contribution in [0.3, 0.4) is 0 Å². The summed E-state index contributed by atoms with van der Waals surface area (Å²) in [7, 11) is 1.91. The maximum absolute atomic E-state index is 13.3. The maximum Gasteiger partial charge on any atom is 0.224 e. The van der Waals surface area contributed by atoms with Crippen molar-refractivity contribution >= 4 is 28.6 Å². The Hall–Kier alpha value is -2.99. The van der Waals surface area contributed by atoms with Gasteiger partial charge in [-0.3, -0.25) is 0 Å². The normalized spacial score (nSPS) is 11.1. The topological polar surface area (TPSA) is 42.7 Å². The first kappa shape index (κ1) is 17.4. The monoisotopic (exact) mass is 384 g/mol. The Balaban J connectivity index is 1.63. The second-order valence-electron chi connectivity index (χ2n) is 6.14. The molecule has 0 unspecified atom stereocenters. The minimum Gasteiger partial charge on any atom is -0.350 e. The number of aromatic nitrogens is 3. The van der Waals surface area contributed by atoms with Crippen LogP contribution in [0.1, 0.15) is 5.56 Å². The molecule has 7 heteroatoms. The van der Waals surface area contributed by atoms with Gasteiger partial charge in [-0.15, -0.1) is 0 Å². The number of hydrogen-bond donors (Lipinski definition) is 1. The molecule has 0 aliphatic carbocycles. The number of anilines is 1. The lowest BCUT2D eigenvalue weighted by Crippen LogP contribution is -2.05. The summed E-state index contributed by atoms with van der Waals surface area (Å²) in [5.74, 6) is -1.34. The van der Waals surface area contributed by atoms with E-state index in [9.17, 15) is 8.78 Å². The van der Waals surface area contributed by atoms with E-state index in [1.54, 1.807) is 6.20 Å². The number of aryl methyl sites for hydroxylation is 1. The van der Waals surface area contributed by atoms with Crippen LogP contribution < -0.4 is 5.32 Å². The second-order valence-corrected chi connectivity index (χ2v) is 6.55. The number of rotatable bonds is 4. The Morgan fingerprint density at radius 1 is 1.07 bits per heavy atom. The number of hydrogen-bond acceptors (Lipinski definition) is 3. The van der Waals surface area contributed by atoms with Crippen LogP contribution in [-0.2, 0) is 13.6 Å². The van der Waals surface area contributed by atoms with E-state index >= 15 is 0 Å². The first-order chi connectivity index (χ1) is 13.0. The van der Waals surface area contributed by atoms with Crippen LogP contribution in [-0.4, -0.2) is 14.5 Å². The van der Waals surface area contributed by atoms with Gasteiger partial charge in [0.25, 0.3) is 0 Å². The summed E-state index contributed by atoms with van der Waals surface area (Å²) in [4.78, 5) is 8.83. The minimum absolute atomic E-state index is 0.282. The van der Waals surface area contributed by atoms with Crippen molar-refractivity contribution in [3.05, 3.63) is 76.9 Å². The number of nitrogens with zero attached hydrogens (tertiary/aromatic N) is 3. The minimum atomic E-state index is -0.877. The molecule has 4 aromatic rings. The van der Waals surface area contributed by atoms with Gasteiger partial charge in [0.05, 0.1) is 5.69 Å². The fourth-order valence-electron chi connectivity index (χ4n) is 2.95. The Morgan fingerprint density at radius 2 is 1.89 bits per heavy atom. The third-order valence-corrected chi connectivity index (χ3v) is 4.68. The van der Waals surface area contributed by atoms with E-state index in [0.717, 1.165) is 34.4 Å². The van der Waals surface area contributed by atoms with Crippen LogP contribution in [0.2, 0.25) is 5.02 Å². The standard InChI is InChI=1S/C20H15ClF2N4/c1-27-18(14-4-2-3-5-15(14)21)9-13-11-25-20(26-19(13)27)24-10-12-6-7-16(22)17(23)8-12/h2-9,11H,10H2,1H3,(H,24,25,26). The zero-order valence-electron chi connectivity index (χ0n) is 14.4. The lowest BCUT2D eigenvalue weighted by molar-refractivity contribution is 0.507. The Kier molecular flexibility index (Phi) is 4.49.